The molecule has 0 radical (unpaired) electrons. The zero-order chi connectivity index (χ0) is 14.9. The first-order valence-corrected chi connectivity index (χ1v) is 6.01. The van der Waals surface area contributed by atoms with Crippen LogP contribution in [0.5, 0.6) is 0 Å². The number of amides is 1. The van der Waals surface area contributed by atoms with Crippen molar-refractivity contribution in [3.63, 3.8) is 0 Å². The Kier molecular flexibility index (Phi) is 3.31. The van der Waals surface area contributed by atoms with Crippen LogP contribution < -0.4 is 5.73 Å². The topological polar surface area (TPSA) is 98.2 Å². The molecule has 0 spiro atoms. The molecule has 1 heterocycles. The van der Waals surface area contributed by atoms with E-state index < -0.39 is 17.4 Å². The lowest BCUT2D eigenvalue weighted by Gasteiger charge is -2.19. The third kappa shape index (κ3) is 2.40. The predicted molar refractivity (Wildman–Crippen MR) is 73.1 cm³/mol. The Morgan fingerprint density at radius 1 is 1.20 bits per heavy atom. The zero-order valence-corrected chi connectivity index (χ0v) is 11.2. The monoisotopic (exact) mass is 273 g/mol. The van der Waals surface area contributed by atoms with Gasteiger partial charge >= 0.3 is 5.97 Å². The fourth-order valence-corrected chi connectivity index (χ4v) is 1.70. The number of aromatic nitrogens is 2. The highest BCUT2D eigenvalue weighted by molar-refractivity contribution is 5.93. The van der Waals surface area contributed by atoms with Gasteiger partial charge in [-0.1, -0.05) is 12.1 Å². The first-order chi connectivity index (χ1) is 9.32. The Bertz CT molecular complexity index is 657. The van der Waals surface area contributed by atoms with Crippen LogP contribution in [-0.4, -0.2) is 26.8 Å². The van der Waals surface area contributed by atoms with Gasteiger partial charge < -0.3 is 10.8 Å². The number of hydrogen-bond donors (Lipinski definition) is 2. The molecule has 2 aromatic rings. The number of hydrogen-bond acceptors (Lipinski definition) is 3. The normalized spacial score (nSPS) is 11.3. The molecule has 0 aliphatic rings. The van der Waals surface area contributed by atoms with Crippen molar-refractivity contribution in [1.29, 1.82) is 0 Å². The number of aliphatic carboxylic acids is 1. The van der Waals surface area contributed by atoms with Gasteiger partial charge in [0.05, 0.1) is 6.20 Å². The summed E-state index contributed by atoms with van der Waals surface area (Å²) in [4.78, 5) is 22.2. The molecule has 0 saturated heterocycles. The number of rotatable bonds is 4. The molecule has 0 aliphatic carbocycles. The summed E-state index contributed by atoms with van der Waals surface area (Å²) >= 11 is 0. The molecule has 1 aromatic heterocycles. The molecule has 0 atom stereocenters. The van der Waals surface area contributed by atoms with E-state index >= 15 is 0 Å². The van der Waals surface area contributed by atoms with E-state index in [4.69, 9.17) is 10.8 Å². The Morgan fingerprint density at radius 3 is 2.30 bits per heavy atom. The fourth-order valence-electron chi connectivity index (χ4n) is 1.70. The van der Waals surface area contributed by atoms with Crippen molar-refractivity contribution in [2.75, 3.05) is 0 Å². The van der Waals surface area contributed by atoms with E-state index in [1.807, 2.05) is 0 Å². The first kappa shape index (κ1) is 13.8. The number of nitrogens with two attached hydrogens (primary N) is 1. The number of carboxylic acid groups (broad SMARTS) is 1. The lowest BCUT2D eigenvalue weighted by atomic mass is 10.1. The van der Waals surface area contributed by atoms with Crippen LogP contribution in [0.25, 0.3) is 11.1 Å². The Hall–Kier alpha value is -2.63. The average molecular weight is 273 g/mol. The van der Waals surface area contributed by atoms with Crippen molar-refractivity contribution in [2.24, 2.45) is 5.73 Å². The quantitative estimate of drug-likeness (QED) is 0.881. The van der Waals surface area contributed by atoms with Crippen LogP contribution in [-0.2, 0) is 10.3 Å². The number of primary amides is 1. The minimum Gasteiger partial charge on any atom is -0.479 e. The van der Waals surface area contributed by atoms with E-state index in [1.54, 1.807) is 50.5 Å². The summed E-state index contributed by atoms with van der Waals surface area (Å²) in [6, 6.07) is 6.74. The van der Waals surface area contributed by atoms with Gasteiger partial charge in [-0.05, 0) is 31.5 Å². The van der Waals surface area contributed by atoms with Crippen molar-refractivity contribution in [1.82, 2.24) is 9.78 Å². The zero-order valence-electron chi connectivity index (χ0n) is 11.2. The van der Waals surface area contributed by atoms with Gasteiger partial charge in [-0.2, -0.15) is 5.10 Å². The minimum absolute atomic E-state index is 0.423. The smallest absolute Gasteiger partial charge is 0.331 e. The summed E-state index contributed by atoms with van der Waals surface area (Å²) < 4.78 is 1.40. The summed E-state index contributed by atoms with van der Waals surface area (Å²) in [6.07, 6.45) is 3.25. The van der Waals surface area contributed by atoms with E-state index in [9.17, 15) is 9.59 Å². The number of carboxylic acids is 1. The third-order valence-corrected chi connectivity index (χ3v) is 3.18. The highest BCUT2D eigenvalue weighted by Gasteiger charge is 2.30. The van der Waals surface area contributed by atoms with Crippen LogP contribution in [0, 0.1) is 0 Å². The van der Waals surface area contributed by atoms with Gasteiger partial charge in [0.1, 0.15) is 0 Å². The maximum atomic E-state index is 11.2. The van der Waals surface area contributed by atoms with Crippen LogP contribution in [0.2, 0.25) is 0 Å². The van der Waals surface area contributed by atoms with Gasteiger partial charge in [-0.15, -0.1) is 0 Å². The number of nitrogens with zero attached hydrogens (tertiary/aromatic N) is 2. The molecule has 6 nitrogen and oxygen atoms in total. The summed E-state index contributed by atoms with van der Waals surface area (Å²) in [6.45, 7) is 3.14. The number of carbonyl (C=O) groups is 2. The van der Waals surface area contributed by atoms with Gasteiger partial charge in [-0.25, -0.2) is 4.79 Å². The van der Waals surface area contributed by atoms with Crippen molar-refractivity contribution in [2.45, 2.75) is 19.4 Å². The van der Waals surface area contributed by atoms with Gasteiger partial charge in [0.25, 0.3) is 0 Å². The summed E-state index contributed by atoms with van der Waals surface area (Å²) in [5.41, 5.74) is 6.09. The molecule has 0 fully saturated rings. The predicted octanol–water partition coefficient (Wildman–Crippen LogP) is 1.47. The Labute approximate surface area is 115 Å². The standard InChI is InChI=1S/C14H15N3O3/c1-14(2,13(19)20)17-8-11(7-16-17)9-3-5-10(6-4-9)12(15)18/h3-8H,1-2H3,(H2,15,18)(H,19,20). The highest BCUT2D eigenvalue weighted by Crippen LogP contribution is 2.22. The summed E-state index contributed by atoms with van der Waals surface area (Å²) in [7, 11) is 0. The molecule has 6 heteroatoms. The van der Waals surface area contributed by atoms with Gasteiger partial charge in [0.15, 0.2) is 5.54 Å². The minimum atomic E-state index is -1.12. The van der Waals surface area contributed by atoms with Crippen LogP contribution in [0.15, 0.2) is 36.7 Å². The molecule has 20 heavy (non-hydrogen) atoms. The molecule has 0 bridgehead atoms. The van der Waals surface area contributed by atoms with E-state index in [0.717, 1.165) is 11.1 Å². The van der Waals surface area contributed by atoms with E-state index in [0.29, 0.717) is 5.56 Å². The molecule has 0 unspecified atom stereocenters. The van der Waals surface area contributed by atoms with Gasteiger partial charge in [0, 0.05) is 17.3 Å². The molecule has 2 rings (SSSR count). The maximum absolute atomic E-state index is 11.2. The second kappa shape index (κ2) is 4.80. The summed E-state index contributed by atoms with van der Waals surface area (Å²) in [5, 5.41) is 13.2. The lowest BCUT2D eigenvalue weighted by molar-refractivity contribution is -0.146. The van der Waals surface area contributed by atoms with E-state index in [2.05, 4.69) is 5.10 Å². The van der Waals surface area contributed by atoms with Crippen LogP contribution >= 0.6 is 0 Å². The first-order valence-electron chi connectivity index (χ1n) is 6.01. The fraction of sp³-hybridized carbons (Fsp3) is 0.214. The Balaban J connectivity index is 2.34. The largest absolute Gasteiger partial charge is 0.479 e. The second-order valence-electron chi connectivity index (χ2n) is 4.98. The molecule has 1 aromatic carbocycles. The molecular weight excluding hydrogens is 258 g/mol. The lowest BCUT2D eigenvalue weighted by Crippen LogP contribution is -2.35. The molecule has 3 N–H and O–H groups in total. The third-order valence-electron chi connectivity index (χ3n) is 3.18. The van der Waals surface area contributed by atoms with Crippen molar-refractivity contribution in [3.05, 3.63) is 42.2 Å². The average Bonchev–Trinajstić information content (AvgIpc) is 2.88. The molecule has 104 valence electrons. The van der Waals surface area contributed by atoms with Gasteiger partial charge in [-0.3, -0.25) is 9.48 Å². The van der Waals surface area contributed by atoms with Crippen molar-refractivity contribution >= 4 is 11.9 Å². The molecule has 0 saturated carbocycles. The maximum Gasteiger partial charge on any atom is 0.331 e. The van der Waals surface area contributed by atoms with Crippen LogP contribution in [0.3, 0.4) is 0 Å². The van der Waals surface area contributed by atoms with E-state index in [-0.39, 0.29) is 0 Å². The SMILES string of the molecule is CC(C)(C(=O)O)n1cc(-c2ccc(C(N)=O)cc2)cn1. The molecular formula is C14H15N3O3. The Morgan fingerprint density at radius 2 is 1.80 bits per heavy atom. The second-order valence-corrected chi connectivity index (χ2v) is 4.98. The molecule has 0 aliphatic heterocycles. The van der Waals surface area contributed by atoms with Crippen LogP contribution in [0.4, 0.5) is 0 Å². The number of carbonyl (C=O) groups excluding carboxylic acids is 1. The van der Waals surface area contributed by atoms with Gasteiger partial charge in [0.2, 0.25) is 5.91 Å². The number of benzene rings is 1. The van der Waals surface area contributed by atoms with Crippen molar-refractivity contribution in [3.8, 4) is 11.1 Å². The van der Waals surface area contributed by atoms with Crippen molar-refractivity contribution < 1.29 is 14.7 Å². The van der Waals surface area contributed by atoms with Crippen LogP contribution in [0.1, 0.15) is 24.2 Å². The molecule has 1 amide bonds. The summed E-state index contributed by atoms with van der Waals surface area (Å²) in [5.74, 6) is -1.45. The van der Waals surface area contributed by atoms with E-state index in [1.165, 1.54) is 4.68 Å². The highest BCUT2D eigenvalue weighted by atomic mass is 16.4.